The summed E-state index contributed by atoms with van der Waals surface area (Å²) in [4.78, 5) is 2.13. The molecule has 0 amide bonds. The molecule has 1 unspecified atom stereocenters. The Hall–Kier alpha value is -1.53. The molecule has 0 aliphatic rings. The highest BCUT2D eigenvalue weighted by atomic mass is 16.5. The van der Waals surface area contributed by atoms with Crippen molar-refractivity contribution >= 4 is 5.69 Å². The number of hydrogen-bond donors (Lipinski definition) is 0. The molecule has 0 bridgehead atoms. The fourth-order valence-electron chi connectivity index (χ4n) is 1.38. The number of rotatable bonds is 4. The summed E-state index contributed by atoms with van der Waals surface area (Å²) in [5.41, 5.74) is 1.78. The zero-order valence-corrected chi connectivity index (χ0v) is 9.40. The van der Waals surface area contributed by atoms with E-state index in [-0.39, 0.29) is 0 Å². The summed E-state index contributed by atoms with van der Waals surface area (Å²) in [6.07, 6.45) is 0. The van der Waals surface area contributed by atoms with Gasteiger partial charge >= 0.3 is 0 Å². The minimum atomic E-state index is 0.322. The van der Waals surface area contributed by atoms with Gasteiger partial charge in [0.2, 0.25) is 0 Å². The van der Waals surface area contributed by atoms with Crippen molar-refractivity contribution in [3.05, 3.63) is 29.8 Å². The lowest BCUT2D eigenvalue weighted by molar-refractivity contribution is 0.183. The molecule has 0 fully saturated rings. The van der Waals surface area contributed by atoms with Crippen LogP contribution in [0.1, 0.15) is 12.5 Å². The van der Waals surface area contributed by atoms with Gasteiger partial charge in [-0.15, -0.1) is 0 Å². The number of nitrogens with zero attached hydrogens (tertiary/aromatic N) is 2. The van der Waals surface area contributed by atoms with Crippen molar-refractivity contribution in [2.75, 3.05) is 25.7 Å². The van der Waals surface area contributed by atoms with Gasteiger partial charge in [-0.2, -0.15) is 5.26 Å². The molecular formula is C12H16N2O. The first-order valence-electron chi connectivity index (χ1n) is 4.91. The molecule has 0 aromatic heterocycles. The van der Waals surface area contributed by atoms with E-state index < -0.39 is 0 Å². The summed E-state index contributed by atoms with van der Waals surface area (Å²) in [6.45, 7) is 2.79. The summed E-state index contributed by atoms with van der Waals surface area (Å²) < 4.78 is 5.10. The second kappa shape index (κ2) is 5.38. The maximum Gasteiger partial charge on any atom is 0.0991 e. The number of nitriles is 1. The maximum absolute atomic E-state index is 8.68. The van der Waals surface area contributed by atoms with E-state index in [1.807, 2.05) is 31.3 Å². The van der Waals surface area contributed by atoms with E-state index in [1.54, 1.807) is 7.11 Å². The molecule has 3 heteroatoms. The number of methoxy groups -OCH3 is 1. The van der Waals surface area contributed by atoms with Crippen molar-refractivity contribution in [1.82, 2.24) is 0 Å². The fraction of sp³-hybridized carbons (Fsp3) is 0.417. The highest BCUT2D eigenvalue weighted by molar-refractivity contribution is 5.49. The summed E-state index contributed by atoms with van der Waals surface area (Å²) in [5.74, 6) is 0. The van der Waals surface area contributed by atoms with Crippen LogP contribution in [0.5, 0.6) is 0 Å². The summed E-state index contributed by atoms with van der Waals surface area (Å²) in [7, 11) is 3.72. The Labute approximate surface area is 90.9 Å². The van der Waals surface area contributed by atoms with Crippen LogP contribution in [0.15, 0.2) is 24.3 Å². The Kier molecular flexibility index (Phi) is 4.14. The van der Waals surface area contributed by atoms with Gasteiger partial charge in [0.05, 0.1) is 18.2 Å². The summed E-state index contributed by atoms with van der Waals surface area (Å²) in [5, 5.41) is 8.68. The fourth-order valence-corrected chi connectivity index (χ4v) is 1.38. The van der Waals surface area contributed by atoms with Crippen LogP contribution in [0.3, 0.4) is 0 Å². The molecule has 0 aliphatic heterocycles. The average molecular weight is 204 g/mol. The molecule has 80 valence electrons. The molecule has 15 heavy (non-hydrogen) atoms. The van der Waals surface area contributed by atoms with Crippen LogP contribution >= 0.6 is 0 Å². The minimum Gasteiger partial charge on any atom is -0.383 e. The van der Waals surface area contributed by atoms with Crippen LogP contribution in [-0.2, 0) is 4.74 Å². The predicted molar refractivity (Wildman–Crippen MR) is 60.9 cm³/mol. The Morgan fingerprint density at radius 2 is 2.00 bits per heavy atom. The van der Waals surface area contributed by atoms with E-state index >= 15 is 0 Å². The molecule has 0 saturated carbocycles. The lowest BCUT2D eigenvalue weighted by Crippen LogP contribution is -2.32. The number of anilines is 1. The summed E-state index contributed by atoms with van der Waals surface area (Å²) in [6, 6.07) is 9.97. The predicted octanol–water partition coefficient (Wildman–Crippen LogP) is 2.03. The highest BCUT2D eigenvalue weighted by Crippen LogP contribution is 2.15. The molecule has 0 saturated heterocycles. The highest BCUT2D eigenvalue weighted by Gasteiger charge is 2.08. The van der Waals surface area contributed by atoms with E-state index in [2.05, 4.69) is 17.9 Å². The first-order valence-corrected chi connectivity index (χ1v) is 4.91. The topological polar surface area (TPSA) is 36.3 Å². The molecule has 0 spiro atoms. The van der Waals surface area contributed by atoms with Crippen LogP contribution in [0.25, 0.3) is 0 Å². The molecular weight excluding hydrogens is 188 g/mol. The van der Waals surface area contributed by atoms with Crippen molar-refractivity contribution < 1.29 is 4.74 Å². The molecule has 0 heterocycles. The van der Waals surface area contributed by atoms with Crippen LogP contribution in [0.2, 0.25) is 0 Å². The van der Waals surface area contributed by atoms with E-state index in [4.69, 9.17) is 10.00 Å². The molecule has 3 nitrogen and oxygen atoms in total. The van der Waals surface area contributed by atoms with Crippen LogP contribution in [0.4, 0.5) is 5.69 Å². The van der Waals surface area contributed by atoms with E-state index in [0.717, 1.165) is 5.69 Å². The van der Waals surface area contributed by atoms with Gasteiger partial charge in [-0.05, 0) is 31.2 Å². The second-order valence-electron chi connectivity index (χ2n) is 3.57. The number of benzene rings is 1. The van der Waals surface area contributed by atoms with Gasteiger partial charge in [-0.25, -0.2) is 0 Å². The Morgan fingerprint density at radius 3 is 2.47 bits per heavy atom. The monoisotopic (exact) mass is 204 g/mol. The maximum atomic E-state index is 8.68. The Balaban J connectivity index is 2.74. The Morgan fingerprint density at radius 1 is 1.40 bits per heavy atom. The van der Waals surface area contributed by atoms with Crippen molar-refractivity contribution in [3.8, 4) is 6.07 Å². The van der Waals surface area contributed by atoms with Crippen LogP contribution in [-0.4, -0.2) is 26.8 Å². The molecule has 0 N–H and O–H groups in total. The van der Waals surface area contributed by atoms with Gasteiger partial charge < -0.3 is 9.64 Å². The first-order chi connectivity index (χ1) is 7.19. The number of likely N-dealkylation sites (N-methyl/N-ethyl adjacent to an activating group) is 1. The van der Waals surface area contributed by atoms with Gasteiger partial charge in [0.15, 0.2) is 0 Å². The molecule has 1 aromatic rings. The molecule has 1 atom stereocenters. The third-order valence-electron chi connectivity index (χ3n) is 2.47. The van der Waals surface area contributed by atoms with Gasteiger partial charge in [0, 0.05) is 25.9 Å². The smallest absolute Gasteiger partial charge is 0.0991 e. The standard InChI is InChI=1S/C12H16N2O/c1-10(9-15-3)14(2)12-6-4-11(8-13)5-7-12/h4-7,10H,9H2,1-3H3. The quantitative estimate of drug-likeness (QED) is 0.753. The van der Waals surface area contributed by atoms with Crippen LogP contribution in [0, 0.1) is 11.3 Å². The molecule has 1 aromatic carbocycles. The third kappa shape index (κ3) is 2.97. The number of hydrogen-bond acceptors (Lipinski definition) is 3. The zero-order valence-electron chi connectivity index (χ0n) is 9.40. The minimum absolute atomic E-state index is 0.322. The van der Waals surface area contributed by atoms with Crippen molar-refractivity contribution in [1.29, 1.82) is 5.26 Å². The molecule has 0 aliphatic carbocycles. The molecule has 0 radical (unpaired) electrons. The van der Waals surface area contributed by atoms with E-state index in [9.17, 15) is 0 Å². The zero-order chi connectivity index (χ0) is 11.3. The summed E-state index contributed by atoms with van der Waals surface area (Å²) >= 11 is 0. The molecule has 1 rings (SSSR count). The van der Waals surface area contributed by atoms with Crippen LogP contribution < -0.4 is 4.90 Å². The largest absolute Gasteiger partial charge is 0.383 e. The normalized spacial score (nSPS) is 11.9. The third-order valence-corrected chi connectivity index (χ3v) is 2.47. The Bertz CT molecular complexity index is 340. The lowest BCUT2D eigenvalue weighted by atomic mass is 10.2. The lowest BCUT2D eigenvalue weighted by Gasteiger charge is -2.26. The first kappa shape index (κ1) is 11.5. The van der Waals surface area contributed by atoms with Crippen molar-refractivity contribution in [2.45, 2.75) is 13.0 Å². The number of ether oxygens (including phenoxy) is 1. The van der Waals surface area contributed by atoms with Crippen molar-refractivity contribution in [3.63, 3.8) is 0 Å². The van der Waals surface area contributed by atoms with Gasteiger partial charge in [0.1, 0.15) is 0 Å². The van der Waals surface area contributed by atoms with Gasteiger partial charge in [-0.3, -0.25) is 0 Å². The SMILES string of the molecule is COCC(C)N(C)c1ccc(C#N)cc1. The van der Waals surface area contributed by atoms with Gasteiger partial charge in [-0.1, -0.05) is 0 Å². The van der Waals surface area contributed by atoms with E-state index in [1.165, 1.54) is 0 Å². The van der Waals surface area contributed by atoms with Crippen molar-refractivity contribution in [2.24, 2.45) is 0 Å². The second-order valence-corrected chi connectivity index (χ2v) is 3.57. The van der Waals surface area contributed by atoms with E-state index in [0.29, 0.717) is 18.2 Å². The van der Waals surface area contributed by atoms with Gasteiger partial charge in [0.25, 0.3) is 0 Å². The average Bonchev–Trinajstić information content (AvgIpc) is 2.28.